The highest BCUT2D eigenvalue weighted by Gasteiger charge is 2.21. The maximum Gasteiger partial charge on any atom is 0.123 e. The highest BCUT2D eigenvalue weighted by atomic mass is 17.1. The van der Waals surface area contributed by atoms with Crippen molar-refractivity contribution in [1.82, 2.24) is 0 Å². The molecule has 0 unspecified atom stereocenters. The predicted molar refractivity (Wildman–Crippen MR) is 74.8 cm³/mol. The molecule has 0 fully saturated rings. The van der Waals surface area contributed by atoms with Crippen molar-refractivity contribution < 1.29 is 10.1 Å². The van der Waals surface area contributed by atoms with Crippen LogP contribution in [0.25, 0.3) is 10.8 Å². The zero-order valence-electron chi connectivity index (χ0n) is 11.4. The van der Waals surface area contributed by atoms with Gasteiger partial charge in [0.25, 0.3) is 0 Å². The monoisotopic (exact) mass is 244 g/mol. The van der Waals surface area contributed by atoms with Crippen LogP contribution in [0.1, 0.15) is 44.7 Å². The molecule has 2 rings (SSSR count). The number of rotatable bonds is 3. The van der Waals surface area contributed by atoms with E-state index in [0.29, 0.717) is 5.92 Å². The summed E-state index contributed by atoms with van der Waals surface area (Å²) in [5, 5.41) is 11.3. The van der Waals surface area contributed by atoms with E-state index in [2.05, 4.69) is 49.1 Å². The van der Waals surface area contributed by atoms with Crippen LogP contribution in [0.4, 0.5) is 0 Å². The molecule has 0 radical (unpaired) electrons. The van der Waals surface area contributed by atoms with Crippen molar-refractivity contribution in [3.8, 4) is 0 Å². The molecule has 0 aliphatic rings. The van der Waals surface area contributed by atoms with E-state index in [1.54, 1.807) is 0 Å². The van der Waals surface area contributed by atoms with Gasteiger partial charge in [0.1, 0.15) is 5.60 Å². The van der Waals surface area contributed by atoms with E-state index < -0.39 is 5.60 Å². The molecule has 1 N–H and O–H groups in total. The summed E-state index contributed by atoms with van der Waals surface area (Å²) in [4.78, 5) is 4.53. The number of hydrogen-bond donors (Lipinski definition) is 1. The zero-order valence-corrected chi connectivity index (χ0v) is 11.4. The van der Waals surface area contributed by atoms with E-state index in [1.807, 2.05) is 19.9 Å². The summed E-state index contributed by atoms with van der Waals surface area (Å²) in [5.41, 5.74) is 1.63. The first kappa shape index (κ1) is 13.1. The van der Waals surface area contributed by atoms with Gasteiger partial charge in [-0.05, 0) is 47.7 Å². The Hall–Kier alpha value is -1.38. The lowest BCUT2D eigenvalue weighted by molar-refractivity contribution is -0.318. The standard InChI is InChI=1S/C16H20O2/c1-11(2)12-5-6-14-10-15(16(3,4)18-17)8-7-13(14)9-12/h5-11,17H,1-4H3. The van der Waals surface area contributed by atoms with Gasteiger partial charge in [0.15, 0.2) is 0 Å². The number of fused-ring (bicyclic) bond motifs is 1. The van der Waals surface area contributed by atoms with Gasteiger partial charge in [-0.1, -0.05) is 44.2 Å². The minimum Gasteiger partial charge on any atom is -0.251 e. The average Bonchev–Trinajstić information content (AvgIpc) is 2.37. The minimum atomic E-state index is -0.676. The van der Waals surface area contributed by atoms with Crippen molar-refractivity contribution >= 4 is 10.8 Å². The third-order valence-corrected chi connectivity index (χ3v) is 3.45. The van der Waals surface area contributed by atoms with Gasteiger partial charge in [0.05, 0.1) is 0 Å². The lowest BCUT2D eigenvalue weighted by Crippen LogP contribution is -2.19. The Kier molecular flexibility index (Phi) is 3.42. The van der Waals surface area contributed by atoms with Crippen LogP contribution in [0.5, 0.6) is 0 Å². The molecule has 0 aliphatic carbocycles. The summed E-state index contributed by atoms with van der Waals surface area (Å²) in [6.45, 7) is 8.07. The molecule has 18 heavy (non-hydrogen) atoms. The van der Waals surface area contributed by atoms with Crippen LogP contribution in [0, 0.1) is 0 Å². The summed E-state index contributed by atoms with van der Waals surface area (Å²) in [6.07, 6.45) is 0. The smallest absolute Gasteiger partial charge is 0.123 e. The van der Waals surface area contributed by atoms with Crippen molar-refractivity contribution in [2.45, 2.75) is 39.2 Å². The first-order chi connectivity index (χ1) is 8.44. The van der Waals surface area contributed by atoms with Crippen molar-refractivity contribution in [3.05, 3.63) is 47.5 Å². The fourth-order valence-electron chi connectivity index (χ4n) is 2.05. The van der Waals surface area contributed by atoms with Crippen molar-refractivity contribution in [3.63, 3.8) is 0 Å². The summed E-state index contributed by atoms with van der Waals surface area (Å²) < 4.78 is 0. The van der Waals surface area contributed by atoms with E-state index >= 15 is 0 Å². The Morgan fingerprint density at radius 2 is 1.61 bits per heavy atom. The molecule has 96 valence electrons. The molecular formula is C16H20O2. The fraction of sp³-hybridized carbons (Fsp3) is 0.375. The fourth-order valence-corrected chi connectivity index (χ4v) is 2.05. The second kappa shape index (κ2) is 4.71. The topological polar surface area (TPSA) is 29.5 Å². The molecular weight excluding hydrogens is 224 g/mol. The maximum absolute atomic E-state index is 8.94. The first-order valence-electron chi connectivity index (χ1n) is 6.31. The molecule has 0 aliphatic heterocycles. The minimum absolute atomic E-state index is 0.534. The maximum atomic E-state index is 8.94. The summed E-state index contributed by atoms with van der Waals surface area (Å²) >= 11 is 0. The number of benzene rings is 2. The molecule has 0 heterocycles. The third-order valence-electron chi connectivity index (χ3n) is 3.45. The van der Waals surface area contributed by atoms with Crippen molar-refractivity contribution in [2.24, 2.45) is 0 Å². The Morgan fingerprint density at radius 3 is 2.22 bits per heavy atom. The van der Waals surface area contributed by atoms with Crippen LogP contribution in [-0.4, -0.2) is 5.26 Å². The van der Waals surface area contributed by atoms with Gasteiger partial charge >= 0.3 is 0 Å². The lowest BCUT2D eigenvalue weighted by Gasteiger charge is -2.21. The molecule has 0 aromatic heterocycles. The Labute approximate surface area is 108 Å². The van der Waals surface area contributed by atoms with E-state index in [9.17, 15) is 0 Å². The molecule has 0 amide bonds. The van der Waals surface area contributed by atoms with Crippen LogP contribution in [0.3, 0.4) is 0 Å². The van der Waals surface area contributed by atoms with Crippen molar-refractivity contribution in [2.75, 3.05) is 0 Å². The zero-order chi connectivity index (χ0) is 13.3. The quantitative estimate of drug-likeness (QED) is 0.627. The molecule has 0 saturated carbocycles. The lowest BCUT2D eigenvalue weighted by atomic mass is 9.93. The normalized spacial score (nSPS) is 12.3. The largest absolute Gasteiger partial charge is 0.251 e. The molecule has 2 aromatic carbocycles. The van der Waals surface area contributed by atoms with Gasteiger partial charge in [-0.15, -0.1) is 0 Å². The molecule has 0 spiro atoms. The molecule has 2 heteroatoms. The average molecular weight is 244 g/mol. The van der Waals surface area contributed by atoms with Crippen molar-refractivity contribution in [1.29, 1.82) is 0 Å². The predicted octanol–water partition coefficient (Wildman–Crippen LogP) is 4.69. The van der Waals surface area contributed by atoms with Crippen LogP contribution in [0.15, 0.2) is 36.4 Å². The van der Waals surface area contributed by atoms with Crippen LogP contribution in [0.2, 0.25) is 0 Å². The summed E-state index contributed by atoms with van der Waals surface area (Å²) in [5.74, 6) is 0.534. The molecule has 0 saturated heterocycles. The van der Waals surface area contributed by atoms with Gasteiger partial charge in [-0.25, -0.2) is 4.89 Å². The Bertz CT molecular complexity index is 556. The van der Waals surface area contributed by atoms with Crippen LogP contribution >= 0.6 is 0 Å². The first-order valence-corrected chi connectivity index (χ1v) is 6.31. The highest BCUT2D eigenvalue weighted by molar-refractivity contribution is 5.84. The second-order valence-electron chi connectivity index (χ2n) is 5.58. The van der Waals surface area contributed by atoms with E-state index in [-0.39, 0.29) is 0 Å². The van der Waals surface area contributed by atoms with E-state index in [1.165, 1.54) is 16.3 Å². The van der Waals surface area contributed by atoms with Gasteiger partial charge in [0.2, 0.25) is 0 Å². The van der Waals surface area contributed by atoms with Crippen LogP contribution < -0.4 is 0 Å². The van der Waals surface area contributed by atoms with Gasteiger partial charge < -0.3 is 0 Å². The molecule has 2 nitrogen and oxygen atoms in total. The highest BCUT2D eigenvalue weighted by Crippen LogP contribution is 2.28. The SMILES string of the molecule is CC(C)c1ccc2cc(C(C)(C)OO)ccc2c1. The molecule has 0 atom stereocenters. The summed E-state index contributed by atoms with van der Waals surface area (Å²) in [6, 6.07) is 12.7. The van der Waals surface area contributed by atoms with Gasteiger partial charge in [0, 0.05) is 0 Å². The Balaban J connectivity index is 2.51. The molecule has 2 aromatic rings. The van der Waals surface area contributed by atoms with Crippen LogP contribution in [-0.2, 0) is 10.5 Å². The van der Waals surface area contributed by atoms with E-state index in [0.717, 1.165) is 5.56 Å². The van der Waals surface area contributed by atoms with Gasteiger partial charge in [-0.2, -0.15) is 0 Å². The third kappa shape index (κ3) is 2.40. The van der Waals surface area contributed by atoms with Gasteiger partial charge in [-0.3, -0.25) is 5.26 Å². The van der Waals surface area contributed by atoms with E-state index in [4.69, 9.17) is 5.26 Å². The molecule has 0 bridgehead atoms. The Morgan fingerprint density at radius 1 is 1.00 bits per heavy atom. The summed E-state index contributed by atoms with van der Waals surface area (Å²) in [7, 11) is 0. The second-order valence-corrected chi connectivity index (χ2v) is 5.58. The number of hydrogen-bond acceptors (Lipinski definition) is 2.